The van der Waals surface area contributed by atoms with Crippen LogP contribution in [0, 0.1) is 11.8 Å². The monoisotopic (exact) mass is 291 g/mol. The second-order valence-corrected chi connectivity index (χ2v) is 5.06. The molecule has 2 rings (SSSR count). The van der Waals surface area contributed by atoms with Crippen LogP contribution in [0.15, 0.2) is 11.4 Å². The molecule has 1 aromatic heterocycles. The fraction of sp³-hybridized carbons (Fsp3) is 0.308. The molecule has 1 fully saturated rings. The van der Waals surface area contributed by atoms with Crippen LogP contribution in [0.25, 0.3) is 0 Å². The van der Waals surface area contributed by atoms with Gasteiger partial charge in [-0.3, -0.25) is 19.7 Å². The zero-order chi connectivity index (χ0) is 14.5. The topological polar surface area (TPSA) is 101 Å². The minimum atomic E-state index is -0.683. The molecule has 6 nitrogen and oxygen atoms in total. The van der Waals surface area contributed by atoms with Gasteiger partial charge in [-0.1, -0.05) is 11.8 Å². The molecule has 2 heterocycles. The molecule has 0 aliphatic carbocycles. The quantitative estimate of drug-likeness (QED) is 0.509. The Hall–Kier alpha value is -2.17. The first kappa shape index (κ1) is 14.2. The number of carbonyl (C=O) groups is 3. The third-order valence-corrected chi connectivity index (χ3v) is 3.65. The average Bonchev–Trinajstić information content (AvgIpc) is 2.88. The first-order chi connectivity index (χ1) is 9.61. The fourth-order valence-corrected chi connectivity index (χ4v) is 2.54. The Morgan fingerprint density at radius 3 is 3.05 bits per heavy atom. The summed E-state index contributed by atoms with van der Waals surface area (Å²) in [6.07, 6.45) is 0.534. The number of nitrogens with two attached hydrogens (primary N) is 1. The van der Waals surface area contributed by atoms with E-state index in [1.165, 1.54) is 11.3 Å². The molecule has 0 radical (unpaired) electrons. The summed E-state index contributed by atoms with van der Waals surface area (Å²) in [7, 11) is 0. The molecule has 1 saturated heterocycles. The van der Waals surface area contributed by atoms with Gasteiger partial charge in [0.1, 0.15) is 10.9 Å². The molecule has 1 aliphatic rings. The number of nitrogens with one attached hydrogen (secondary N) is 2. The minimum absolute atomic E-state index is 0.212. The number of hydrogen-bond acceptors (Lipinski definition) is 5. The van der Waals surface area contributed by atoms with E-state index in [9.17, 15) is 14.4 Å². The third kappa shape index (κ3) is 3.23. The summed E-state index contributed by atoms with van der Waals surface area (Å²) < 4.78 is 0. The molecule has 0 spiro atoms. The van der Waals surface area contributed by atoms with E-state index in [0.29, 0.717) is 16.9 Å². The molecule has 4 N–H and O–H groups in total. The molecule has 0 saturated carbocycles. The molecule has 7 heteroatoms. The molecule has 20 heavy (non-hydrogen) atoms. The smallest absolute Gasteiger partial charge is 0.263 e. The summed E-state index contributed by atoms with van der Waals surface area (Å²) in [5.41, 5.74) is 5.88. The van der Waals surface area contributed by atoms with E-state index in [4.69, 9.17) is 5.73 Å². The highest BCUT2D eigenvalue weighted by Crippen LogP contribution is 2.16. The normalized spacial score (nSPS) is 17.9. The van der Waals surface area contributed by atoms with Crippen LogP contribution in [0.2, 0.25) is 0 Å². The van der Waals surface area contributed by atoms with E-state index < -0.39 is 11.9 Å². The first-order valence-electron chi connectivity index (χ1n) is 6.03. The maximum atomic E-state index is 12.1. The van der Waals surface area contributed by atoms with E-state index in [0.717, 1.165) is 0 Å². The van der Waals surface area contributed by atoms with Crippen molar-refractivity contribution in [3.8, 4) is 11.8 Å². The molecule has 1 atom stereocenters. The van der Waals surface area contributed by atoms with Gasteiger partial charge in [0.25, 0.3) is 5.91 Å². The van der Waals surface area contributed by atoms with Crippen LogP contribution in [-0.4, -0.2) is 30.3 Å². The van der Waals surface area contributed by atoms with Crippen molar-refractivity contribution in [3.63, 3.8) is 0 Å². The van der Waals surface area contributed by atoms with E-state index in [1.54, 1.807) is 11.4 Å². The van der Waals surface area contributed by atoms with Crippen LogP contribution in [-0.2, 0) is 9.59 Å². The van der Waals surface area contributed by atoms with Gasteiger partial charge in [-0.2, -0.15) is 0 Å². The van der Waals surface area contributed by atoms with Gasteiger partial charge in [0, 0.05) is 12.0 Å². The van der Waals surface area contributed by atoms with Gasteiger partial charge >= 0.3 is 0 Å². The van der Waals surface area contributed by atoms with Crippen LogP contribution >= 0.6 is 11.3 Å². The number of piperidine rings is 1. The maximum Gasteiger partial charge on any atom is 0.263 e. The molecule has 0 bridgehead atoms. The third-order valence-electron chi connectivity index (χ3n) is 2.74. The predicted molar refractivity (Wildman–Crippen MR) is 73.9 cm³/mol. The van der Waals surface area contributed by atoms with Crippen molar-refractivity contribution in [2.75, 3.05) is 6.54 Å². The Kier molecular flexibility index (Phi) is 4.50. The lowest BCUT2D eigenvalue weighted by atomic mass is 10.1. The minimum Gasteiger partial charge on any atom is -0.339 e. The lowest BCUT2D eigenvalue weighted by molar-refractivity contribution is -0.134. The highest BCUT2D eigenvalue weighted by molar-refractivity contribution is 7.12. The van der Waals surface area contributed by atoms with Crippen molar-refractivity contribution in [2.24, 2.45) is 5.73 Å². The van der Waals surface area contributed by atoms with Crippen LogP contribution in [0.4, 0.5) is 0 Å². The summed E-state index contributed by atoms with van der Waals surface area (Å²) >= 11 is 1.24. The van der Waals surface area contributed by atoms with E-state index in [-0.39, 0.29) is 24.8 Å². The van der Waals surface area contributed by atoms with Gasteiger partial charge in [-0.25, -0.2) is 0 Å². The number of amides is 3. The van der Waals surface area contributed by atoms with E-state index >= 15 is 0 Å². The molecular formula is C13H13N3O3S. The predicted octanol–water partition coefficient (Wildman–Crippen LogP) is -0.407. The molecule has 0 aromatic carbocycles. The van der Waals surface area contributed by atoms with Crippen LogP contribution in [0.5, 0.6) is 0 Å². The Labute approximate surface area is 119 Å². The van der Waals surface area contributed by atoms with Gasteiger partial charge in [0.05, 0.1) is 6.54 Å². The van der Waals surface area contributed by atoms with Gasteiger partial charge in [0.15, 0.2) is 0 Å². The zero-order valence-electron chi connectivity index (χ0n) is 10.6. The Morgan fingerprint density at radius 1 is 1.55 bits per heavy atom. The SMILES string of the molecule is NCC#Cc1ccsc1C(=O)NC1CCC(=O)NC1=O. The van der Waals surface area contributed by atoms with Crippen molar-refractivity contribution >= 4 is 29.1 Å². The van der Waals surface area contributed by atoms with E-state index in [1.807, 2.05) is 0 Å². The van der Waals surface area contributed by atoms with Crippen LogP contribution in [0.1, 0.15) is 28.1 Å². The van der Waals surface area contributed by atoms with Gasteiger partial charge in [0.2, 0.25) is 11.8 Å². The molecule has 1 aromatic rings. The Bertz CT molecular complexity index is 612. The summed E-state index contributed by atoms with van der Waals surface area (Å²) in [6, 6.07) is 1.05. The van der Waals surface area contributed by atoms with Crippen molar-refractivity contribution in [3.05, 3.63) is 21.9 Å². The Balaban J connectivity index is 2.07. The van der Waals surface area contributed by atoms with E-state index in [2.05, 4.69) is 22.5 Å². The number of rotatable bonds is 2. The lowest BCUT2D eigenvalue weighted by Gasteiger charge is -2.21. The Morgan fingerprint density at radius 2 is 2.35 bits per heavy atom. The van der Waals surface area contributed by atoms with Gasteiger partial charge < -0.3 is 11.1 Å². The molecule has 1 aliphatic heterocycles. The van der Waals surface area contributed by atoms with Crippen molar-refractivity contribution in [2.45, 2.75) is 18.9 Å². The maximum absolute atomic E-state index is 12.1. The van der Waals surface area contributed by atoms with Crippen molar-refractivity contribution in [1.29, 1.82) is 0 Å². The second-order valence-electron chi connectivity index (χ2n) is 4.15. The number of carbonyl (C=O) groups excluding carboxylic acids is 3. The van der Waals surface area contributed by atoms with Gasteiger partial charge in [-0.15, -0.1) is 11.3 Å². The van der Waals surface area contributed by atoms with Crippen molar-refractivity contribution < 1.29 is 14.4 Å². The fourth-order valence-electron chi connectivity index (χ4n) is 1.78. The highest BCUT2D eigenvalue weighted by Gasteiger charge is 2.28. The highest BCUT2D eigenvalue weighted by atomic mass is 32.1. The molecule has 3 amide bonds. The van der Waals surface area contributed by atoms with Crippen molar-refractivity contribution in [1.82, 2.24) is 10.6 Å². The summed E-state index contributed by atoms with van der Waals surface area (Å²) in [5, 5.41) is 6.56. The first-order valence-corrected chi connectivity index (χ1v) is 6.90. The van der Waals surface area contributed by atoms with Gasteiger partial charge in [-0.05, 0) is 17.9 Å². The number of imide groups is 1. The number of thiophene rings is 1. The standard InChI is InChI=1S/C13H13N3O3S/c14-6-1-2-8-5-7-20-11(8)13(19)15-9-3-4-10(17)16-12(9)18/h5,7,9H,3-4,6,14H2,(H,15,19)(H,16,17,18). The summed E-state index contributed by atoms with van der Waals surface area (Å²) in [6.45, 7) is 0.212. The second kappa shape index (κ2) is 6.32. The average molecular weight is 291 g/mol. The largest absolute Gasteiger partial charge is 0.339 e. The summed E-state index contributed by atoms with van der Waals surface area (Å²) in [5.74, 6) is 4.34. The zero-order valence-corrected chi connectivity index (χ0v) is 11.4. The molecule has 1 unspecified atom stereocenters. The number of hydrogen-bond donors (Lipinski definition) is 3. The summed E-state index contributed by atoms with van der Waals surface area (Å²) in [4.78, 5) is 35.2. The van der Waals surface area contributed by atoms with Crippen LogP contribution in [0.3, 0.4) is 0 Å². The lowest BCUT2D eigenvalue weighted by Crippen LogP contribution is -2.52. The molecule has 104 valence electrons. The van der Waals surface area contributed by atoms with Crippen LogP contribution < -0.4 is 16.4 Å². The molecular weight excluding hydrogens is 278 g/mol.